The predicted octanol–water partition coefficient (Wildman–Crippen LogP) is 2.20. The number of carbonyl (C=O) groups is 2. The SMILES string of the molecule is O=C(CC(=O)Nc1cccc(F)c1)NCc1ccc2c(c1)OCO2. The Morgan fingerprint density at radius 3 is 2.71 bits per heavy atom. The summed E-state index contributed by atoms with van der Waals surface area (Å²) >= 11 is 0. The number of benzene rings is 2. The Balaban J connectivity index is 1.48. The Hall–Kier alpha value is -3.09. The molecule has 1 heterocycles. The van der Waals surface area contributed by atoms with E-state index in [4.69, 9.17) is 9.47 Å². The van der Waals surface area contributed by atoms with E-state index in [0.29, 0.717) is 17.2 Å². The average Bonchev–Trinajstić information content (AvgIpc) is 3.00. The molecule has 7 heteroatoms. The molecule has 0 atom stereocenters. The molecule has 0 unspecified atom stereocenters. The largest absolute Gasteiger partial charge is 0.454 e. The van der Waals surface area contributed by atoms with E-state index in [1.54, 1.807) is 24.3 Å². The second-order valence-electron chi connectivity index (χ2n) is 5.20. The minimum atomic E-state index is -0.510. The summed E-state index contributed by atoms with van der Waals surface area (Å²) in [4.78, 5) is 23.6. The fraction of sp³-hybridized carbons (Fsp3) is 0.176. The van der Waals surface area contributed by atoms with Gasteiger partial charge in [0.25, 0.3) is 0 Å². The van der Waals surface area contributed by atoms with E-state index in [9.17, 15) is 14.0 Å². The van der Waals surface area contributed by atoms with Crippen LogP contribution in [0.2, 0.25) is 0 Å². The van der Waals surface area contributed by atoms with Gasteiger partial charge in [0.1, 0.15) is 12.2 Å². The lowest BCUT2D eigenvalue weighted by atomic mass is 10.2. The molecule has 0 fully saturated rings. The molecule has 0 aliphatic carbocycles. The van der Waals surface area contributed by atoms with Crippen molar-refractivity contribution < 1.29 is 23.5 Å². The van der Waals surface area contributed by atoms with E-state index in [2.05, 4.69) is 10.6 Å². The molecule has 0 radical (unpaired) electrons. The van der Waals surface area contributed by atoms with Crippen LogP contribution in [-0.4, -0.2) is 18.6 Å². The molecule has 6 nitrogen and oxygen atoms in total. The van der Waals surface area contributed by atoms with Crippen molar-refractivity contribution in [1.82, 2.24) is 5.32 Å². The first-order valence-corrected chi connectivity index (χ1v) is 7.31. The van der Waals surface area contributed by atoms with Gasteiger partial charge in [-0.2, -0.15) is 0 Å². The molecule has 2 N–H and O–H groups in total. The van der Waals surface area contributed by atoms with Crippen LogP contribution in [-0.2, 0) is 16.1 Å². The van der Waals surface area contributed by atoms with Crippen molar-refractivity contribution in [2.45, 2.75) is 13.0 Å². The minimum Gasteiger partial charge on any atom is -0.454 e. The van der Waals surface area contributed by atoms with Crippen molar-refractivity contribution in [2.24, 2.45) is 0 Å². The van der Waals surface area contributed by atoms with Crippen molar-refractivity contribution in [3.05, 3.63) is 53.8 Å². The van der Waals surface area contributed by atoms with E-state index < -0.39 is 17.6 Å². The fourth-order valence-electron chi connectivity index (χ4n) is 2.23. The number of carbonyl (C=O) groups excluding carboxylic acids is 2. The van der Waals surface area contributed by atoms with Crippen molar-refractivity contribution in [2.75, 3.05) is 12.1 Å². The lowest BCUT2D eigenvalue weighted by Crippen LogP contribution is -2.27. The van der Waals surface area contributed by atoms with Crippen LogP contribution in [0, 0.1) is 5.82 Å². The molecule has 0 saturated carbocycles. The molecule has 124 valence electrons. The Labute approximate surface area is 137 Å². The van der Waals surface area contributed by atoms with Gasteiger partial charge in [-0.3, -0.25) is 9.59 Å². The Bertz CT molecular complexity index is 779. The van der Waals surface area contributed by atoms with Crippen molar-refractivity contribution >= 4 is 17.5 Å². The molecule has 1 aliphatic rings. The molecule has 0 aromatic heterocycles. The topological polar surface area (TPSA) is 76.7 Å². The van der Waals surface area contributed by atoms with E-state index in [1.807, 2.05) is 0 Å². The number of nitrogens with one attached hydrogen (secondary N) is 2. The van der Waals surface area contributed by atoms with Gasteiger partial charge in [-0.1, -0.05) is 12.1 Å². The van der Waals surface area contributed by atoms with Gasteiger partial charge in [0.15, 0.2) is 11.5 Å². The molecule has 24 heavy (non-hydrogen) atoms. The number of anilines is 1. The second kappa shape index (κ2) is 6.99. The Morgan fingerprint density at radius 2 is 1.88 bits per heavy atom. The van der Waals surface area contributed by atoms with Crippen LogP contribution < -0.4 is 20.1 Å². The number of ether oxygens (including phenoxy) is 2. The zero-order valence-electron chi connectivity index (χ0n) is 12.7. The third-order valence-electron chi connectivity index (χ3n) is 3.36. The second-order valence-corrected chi connectivity index (χ2v) is 5.20. The highest BCUT2D eigenvalue weighted by Crippen LogP contribution is 2.32. The predicted molar refractivity (Wildman–Crippen MR) is 84.1 cm³/mol. The summed E-state index contributed by atoms with van der Waals surface area (Å²) in [7, 11) is 0. The van der Waals surface area contributed by atoms with Gasteiger partial charge in [-0.15, -0.1) is 0 Å². The number of amides is 2. The van der Waals surface area contributed by atoms with Gasteiger partial charge in [0.2, 0.25) is 18.6 Å². The highest BCUT2D eigenvalue weighted by Gasteiger charge is 2.14. The molecule has 0 saturated heterocycles. The molecule has 1 aliphatic heterocycles. The standard InChI is InChI=1S/C17H15FN2O4/c18-12-2-1-3-13(7-12)20-17(22)8-16(21)19-9-11-4-5-14-15(6-11)24-10-23-14/h1-7H,8-10H2,(H,19,21)(H,20,22). The zero-order valence-corrected chi connectivity index (χ0v) is 12.7. The van der Waals surface area contributed by atoms with Gasteiger partial charge < -0.3 is 20.1 Å². The van der Waals surface area contributed by atoms with Crippen LogP contribution >= 0.6 is 0 Å². The number of halogens is 1. The summed E-state index contributed by atoms with van der Waals surface area (Å²) in [5.41, 5.74) is 1.14. The molecule has 0 spiro atoms. The lowest BCUT2D eigenvalue weighted by molar-refractivity contribution is -0.126. The zero-order chi connectivity index (χ0) is 16.9. The van der Waals surface area contributed by atoms with Crippen LogP contribution in [0.1, 0.15) is 12.0 Å². The molecule has 0 bridgehead atoms. The first kappa shape index (κ1) is 15.8. The van der Waals surface area contributed by atoms with E-state index in [-0.39, 0.29) is 19.8 Å². The maximum absolute atomic E-state index is 13.0. The third-order valence-corrected chi connectivity index (χ3v) is 3.36. The Kier molecular flexibility index (Phi) is 4.60. The summed E-state index contributed by atoms with van der Waals surface area (Å²) < 4.78 is 23.5. The van der Waals surface area contributed by atoms with Gasteiger partial charge >= 0.3 is 0 Å². The summed E-state index contributed by atoms with van der Waals surface area (Å²) in [5, 5.41) is 5.12. The Morgan fingerprint density at radius 1 is 1.04 bits per heavy atom. The van der Waals surface area contributed by atoms with Crippen LogP contribution in [0.5, 0.6) is 11.5 Å². The number of hydrogen-bond donors (Lipinski definition) is 2. The number of rotatable bonds is 5. The molecular weight excluding hydrogens is 315 g/mol. The maximum atomic E-state index is 13.0. The normalized spacial score (nSPS) is 11.9. The molecule has 2 aromatic rings. The number of fused-ring (bicyclic) bond motifs is 1. The van der Waals surface area contributed by atoms with Gasteiger partial charge in [-0.05, 0) is 35.9 Å². The fourth-order valence-corrected chi connectivity index (χ4v) is 2.23. The minimum absolute atomic E-state index is 0.186. The van der Waals surface area contributed by atoms with Crippen molar-refractivity contribution in [1.29, 1.82) is 0 Å². The first-order chi connectivity index (χ1) is 11.6. The summed E-state index contributed by atoms with van der Waals surface area (Å²) in [6.45, 7) is 0.452. The number of hydrogen-bond acceptors (Lipinski definition) is 4. The van der Waals surface area contributed by atoms with E-state index in [0.717, 1.165) is 5.56 Å². The van der Waals surface area contributed by atoms with E-state index >= 15 is 0 Å². The van der Waals surface area contributed by atoms with E-state index in [1.165, 1.54) is 18.2 Å². The van der Waals surface area contributed by atoms with Crippen LogP contribution in [0.25, 0.3) is 0 Å². The quantitative estimate of drug-likeness (QED) is 0.824. The monoisotopic (exact) mass is 330 g/mol. The average molecular weight is 330 g/mol. The molecule has 2 amide bonds. The van der Waals surface area contributed by atoms with Crippen LogP contribution in [0.3, 0.4) is 0 Å². The highest BCUT2D eigenvalue weighted by atomic mass is 19.1. The first-order valence-electron chi connectivity index (χ1n) is 7.31. The van der Waals surface area contributed by atoms with Gasteiger partial charge in [0.05, 0.1) is 0 Å². The molecule has 3 rings (SSSR count). The molecular formula is C17H15FN2O4. The summed E-state index contributed by atoms with van der Waals surface area (Å²) in [6, 6.07) is 10.8. The molecule has 2 aromatic carbocycles. The maximum Gasteiger partial charge on any atom is 0.233 e. The smallest absolute Gasteiger partial charge is 0.233 e. The van der Waals surface area contributed by atoms with Crippen molar-refractivity contribution in [3.63, 3.8) is 0 Å². The lowest BCUT2D eigenvalue weighted by Gasteiger charge is -2.07. The third kappa shape index (κ3) is 4.01. The summed E-state index contributed by atoms with van der Waals surface area (Å²) in [6.07, 6.45) is -0.346. The van der Waals surface area contributed by atoms with Gasteiger partial charge in [-0.25, -0.2) is 4.39 Å². The summed E-state index contributed by atoms with van der Waals surface area (Å²) in [5.74, 6) is -0.101. The highest BCUT2D eigenvalue weighted by molar-refractivity contribution is 6.03. The van der Waals surface area contributed by atoms with Gasteiger partial charge in [0, 0.05) is 12.2 Å². The van der Waals surface area contributed by atoms with Crippen LogP contribution in [0.4, 0.5) is 10.1 Å². The van der Waals surface area contributed by atoms with Crippen molar-refractivity contribution in [3.8, 4) is 11.5 Å². The van der Waals surface area contributed by atoms with Crippen LogP contribution in [0.15, 0.2) is 42.5 Å².